The molecule has 0 aliphatic carbocycles. The second kappa shape index (κ2) is 5.74. The van der Waals surface area contributed by atoms with Gasteiger partial charge in [0.1, 0.15) is 0 Å². The number of benzene rings is 2. The smallest absolute Gasteiger partial charge is 0.288 e. The Kier molecular flexibility index (Phi) is 4.05. The van der Waals surface area contributed by atoms with Crippen molar-refractivity contribution in [2.75, 3.05) is 5.32 Å². The molecule has 0 radical (unpaired) electrons. The van der Waals surface area contributed by atoms with E-state index in [-0.39, 0.29) is 5.24 Å². The van der Waals surface area contributed by atoms with Gasteiger partial charge in [-0.05, 0) is 48.9 Å². The fourth-order valence-corrected chi connectivity index (χ4v) is 2.40. The minimum Gasteiger partial charge on any atom is -0.316 e. The molecule has 0 fully saturated rings. The van der Waals surface area contributed by atoms with Crippen molar-refractivity contribution in [1.29, 1.82) is 0 Å². The van der Waals surface area contributed by atoms with Crippen molar-refractivity contribution in [3.8, 4) is 0 Å². The van der Waals surface area contributed by atoms with Crippen LogP contribution in [0.2, 0.25) is 0 Å². The Morgan fingerprint density at radius 2 is 1.56 bits per heavy atom. The SMILES string of the molecule is Cc1cccc(C)c1NC(=O)Sc1ccccc1. The number of rotatable bonds is 2. The van der Waals surface area contributed by atoms with E-state index in [4.69, 9.17) is 0 Å². The lowest BCUT2D eigenvalue weighted by Crippen LogP contribution is -2.07. The second-order valence-electron chi connectivity index (χ2n) is 4.09. The van der Waals surface area contributed by atoms with Crippen molar-refractivity contribution in [3.63, 3.8) is 0 Å². The van der Waals surface area contributed by atoms with Crippen LogP contribution in [0.15, 0.2) is 53.4 Å². The molecule has 0 bridgehead atoms. The molecule has 0 atom stereocenters. The maximum atomic E-state index is 11.9. The summed E-state index contributed by atoms with van der Waals surface area (Å²) in [4.78, 5) is 12.9. The molecule has 92 valence electrons. The Morgan fingerprint density at radius 1 is 0.944 bits per heavy atom. The Morgan fingerprint density at radius 3 is 2.17 bits per heavy atom. The summed E-state index contributed by atoms with van der Waals surface area (Å²) >= 11 is 1.21. The van der Waals surface area contributed by atoms with Crippen LogP contribution in [0.3, 0.4) is 0 Å². The van der Waals surface area contributed by atoms with Crippen LogP contribution in [0.5, 0.6) is 0 Å². The summed E-state index contributed by atoms with van der Waals surface area (Å²) in [5, 5.41) is 2.89. The highest BCUT2D eigenvalue weighted by Gasteiger charge is 2.08. The number of aryl methyl sites for hydroxylation is 2. The molecule has 18 heavy (non-hydrogen) atoms. The lowest BCUT2D eigenvalue weighted by Gasteiger charge is -2.10. The summed E-state index contributed by atoms with van der Waals surface area (Å²) in [7, 11) is 0. The number of hydrogen-bond donors (Lipinski definition) is 1. The van der Waals surface area contributed by atoms with E-state index >= 15 is 0 Å². The predicted octanol–water partition coefficient (Wildman–Crippen LogP) is 4.63. The van der Waals surface area contributed by atoms with Crippen molar-refractivity contribution in [1.82, 2.24) is 0 Å². The zero-order valence-electron chi connectivity index (χ0n) is 10.4. The third kappa shape index (κ3) is 3.14. The van der Waals surface area contributed by atoms with E-state index in [1.165, 1.54) is 11.8 Å². The molecule has 0 heterocycles. The molecule has 2 rings (SSSR count). The lowest BCUT2D eigenvalue weighted by atomic mass is 10.1. The highest BCUT2D eigenvalue weighted by Crippen LogP contribution is 2.24. The van der Waals surface area contributed by atoms with Gasteiger partial charge in [0.05, 0.1) is 0 Å². The number of carbonyl (C=O) groups excluding carboxylic acids is 1. The van der Waals surface area contributed by atoms with Crippen molar-refractivity contribution >= 4 is 22.7 Å². The fourth-order valence-electron chi connectivity index (χ4n) is 1.73. The van der Waals surface area contributed by atoms with Crippen molar-refractivity contribution in [2.45, 2.75) is 18.7 Å². The number of nitrogens with one attached hydrogen (secondary N) is 1. The quantitative estimate of drug-likeness (QED) is 0.795. The minimum absolute atomic E-state index is 0.0569. The third-order valence-electron chi connectivity index (χ3n) is 2.66. The molecule has 0 aromatic heterocycles. The molecule has 2 aromatic rings. The Balaban J connectivity index is 2.08. The van der Waals surface area contributed by atoms with Gasteiger partial charge in [0.2, 0.25) is 0 Å². The molecule has 0 spiro atoms. The molecular weight excluding hydrogens is 242 g/mol. The van der Waals surface area contributed by atoms with E-state index in [1.54, 1.807) is 0 Å². The van der Waals surface area contributed by atoms with Crippen LogP contribution in [0, 0.1) is 13.8 Å². The van der Waals surface area contributed by atoms with Crippen LogP contribution in [-0.4, -0.2) is 5.24 Å². The highest BCUT2D eigenvalue weighted by atomic mass is 32.2. The summed E-state index contributed by atoms with van der Waals surface area (Å²) in [5.41, 5.74) is 3.07. The molecule has 1 N–H and O–H groups in total. The Hall–Kier alpha value is -1.74. The van der Waals surface area contributed by atoms with E-state index in [2.05, 4.69) is 5.32 Å². The van der Waals surface area contributed by atoms with Gasteiger partial charge < -0.3 is 5.32 Å². The predicted molar refractivity (Wildman–Crippen MR) is 77.2 cm³/mol. The standard InChI is InChI=1S/C15H15NOS/c1-11-7-6-8-12(2)14(11)16-15(17)18-13-9-4-3-5-10-13/h3-10H,1-2H3,(H,16,17). The first-order valence-electron chi connectivity index (χ1n) is 5.77. The number of carbonyl (C=O) groups is 1. The van der Waals surface area contributed by atoms with Gasteiger partial charge in [-0.2, -0.15) is 0 Å². The van der Waals surface area contributed by atoms with Crippen LogP contribution >= 0.6 is 11.8 Å². The fraction of sp³-hybridized carbons (Fsp3) is 0.133. The molecule has 2 aromatic carbocycles. The van der Waals surface area contributed by atoms with Crippen LogP contribution in [0.25, 0.3) is 0 Å². The first-order valence-corrected chi connectivity index (χ1v) is 6.58. The van der Waals surface area contributed by atoms with Crippen LogP contribution in [-0.2, 0) is 0 Å². The molecule has 3 heteroatoms. The van der Waals surface area contributed by atoms with Gasteiger partial charge in [-0.1, -0.05) is 36.4 Å². The summed E-state index contributed by atoms with van der Waals surface area (Å²) in [6, 6.07) is 15.6. The molecule has 0 saturated heterocycles. The average molecular weight is 257 g/mol. The normalized spacial score (nSPS) is 10.1. The van der Waals surface area contributed by atoms with Gasteiger partial charge in [0.25, 0.3) is 5.24 Å². The van der Waals surface area contributed by atoms with E-state index in [1.807, 2.05) is 62.4 Å². The molecule has 1 amide bonds. The topological polar surface area (TPSA) is 29.1 Å². The van der Waals surface area contributed by atoms with Gasteiger partial charge in [-0.25, -0.2) is 0 Å². The van der Waals surface area contributed by atoms with E-state index in [9.17, 15) is 4.79 Å². The number of amides is 1. The maximum absolute atomic E-state index is 11.9. The molecule has 0 unspecified atom stereocenters. The van der Waals surface area contributed by atoms with Gasteiger partial charge in [-0.15, -0.1) is 0 Å². The molecule has 0 aliphatic rings. The summed E-state index contributed by atoms with van der Waals surface area (Å²) in [6.45, 7) is 3.99. The second-order valence-corrected chi connectivity index (χ2v) is 5.14. The van der Waals surface area contributed by atoms with E-state index < -0.39 is 0 Å². The number of anilines is 1. The highest BCUT2D eigenvalue weighted by molar-refractivity contribution is 8.13. The van der Waals surface area contributed by atoms with Gasteiger partial charge in [0, 0.05) is 10.6 Å². The van der Waals surface area contributed by atoms with Crippen molar-refractivity contribution < 1.29 is 4.79 Å². The zero-order chi connectivity index (χ0) is 13.0. The van der Waals surface area contributed by atoms with E-state index in [0.717, 1.165) is 21.7 Å². The van der Waals surface area contributed by atoms with Crippen molar-refractivity contribution in [3.05, 3.63) is 59.7 Å². The van der Waals surface area contributed by atoms with Crippen molar-refractivity contribution in [2.24, 2.45) is 0 Å². The number of hydrogen-bond acceptors (Lipinski definition) is 2. The minimum atomic E-state index is -0.0569. The van der Waals surface area contributed by atoms with Crippen LogP contribution in [0.4, 0.5) is 10.5 Å². The summed E-state index contributed by atoms with van der Waals surface area (Å²) in [5.74, 6) is 0. The molecular formula is C15H15NOS. The van der Waals surface area contributed by atoms with Gasteiger partial charge in [0.15, 0.2) is 0 Å². The summed E-state index contributed by atoms with van der Waals surface area (Å²) < 4.78 is 0. The van der Waals surface area contributed by atoms with Gasteiger partial charge >= 0.3 is 0 Å². The monoisotopic (exact) mass is 257 g/mol. The largest absolute Gasteiger partial charge is 0.316 e. The molecule has 0 aliphatic heterocycles. The van der Waals surface area contributed by atoms with Gasteiger partial charge in [-0.3, -0.25) is 4.79 Å². The third-order valence-corrected chi connectivity index (χ3v) is 3.46. The first kappa shape index (κ1) is 12.7. The van der Waals surface area contributed by atoms with E-state index in [0.29, 0.717) is 0 Å². The first-order chi connectivity index (χ1) is 8.66. The Labute approximate surface area is 111 Å². The maximum Gasteiger partial charge on any atom is 0.288 e. The number of para-hydroxylation sites is 1. The Bertz CT molecular complexity index is 531. The summed E-state index contributed by atoms with van der Waals surface area (Å²) in [6.07, 6.45) is 0. The zero-order valence-corrected chi connectivity index (χ0v) is 11.3. The molecule has 2 nitrogen and oxygen atoms in total. The van der Waals surface area contributed by atoms with Crippen LogP contribution in [0.1, 0.15) is 11.1 Å². The molecule has 0 saturated carbocycles. The van der Waals surface area contributed by atoms with Crippen LogP contribution < -0.4 is 5.32 Å². The number of thioether (sulfide) groups is 1. The average Bonchev–Trinajstić information content (AvgIpc) is 2.35. The lowest BCUT2D eigenvalue weighted by molar-refractivity contribution is 0.269.